The van der Waals surface area contributed by atoms with Gasteiger partial charge in [-0.3, -0.25) is 4.79 Å². The number of ketones is 1. The Bertz CT molecular complexity index is 457. The number of aryl methyl sites for hydroxylation is 2. The monoisotopic (exact) mass is 260 g/mol. The van der Waals surface area contributed by atoms with Crippen LogP contribution in [0.4, 0.5) is 0 Å². The Balaban J connectivity index is 2.09. The van der Waals surface area contributed by atoms with Crippen LogP contribution in [-0.2, 0) is 0 Å². The highest BCUT2D eigenvalue weighted by Gasteiger charge is 2.20. The van der Waals surface area contributed by atoms with Gasteiger partial charge in [0.25, 0.3) is 0 Å². The summed E-state index contributed by atoms with van der Waals surface area (Å²) in [7, 11) is 1.64. The van der Waals surface area contributed by atoms with Crippen LogP contribution in [0.1, 0.15) is 60.0 Å². The fraction of sp³-hybridized carbons (Fsp3) is 0.588. The summed E-state index contributed by atoms with van der Waals surface area (Å²) in [5, 5.41) is 0. The van der Waals surface area contributed by atoms with Crippen molar-refractivity contribution in [2.75, 3.05) is 7.11 Å². The quantitative estimate of drug-likeness (QED) is 0.730. The van der Waals surface area contributed by atoms with Crippen molar-refractivity contribution in [3.63, 3.8) is 0 Å². The maximum absolute atomic E-state index is 12.4. The Morgan fingerprint density at radius 1 is 1.26 bits per heavy atom. The van der Waals surface area contributed by atoms with E-state index in [2.05, 4.69) is 6.07 Å². The average molecular weight is 260 g/mol. The van der Waals surface area contributed by atoms with Crippen LogP contribution in [-0.4, -0.2) is 12.9 Å². The van der Waals surface area contributed by atoms with Crippen molar-refractivity contribution in [3.05, 3.63) is 28.8 Å². The fourth-order valence-electron chi connectivity index (χ4n) is 3.21. The molecule has 0 aliphatic heterocycles. The number of Topliss-reactive ketones (excluding diaryl/α,β-unsaturated/α-hetero) is 1. The molecular formula is C17H24O2. The molecule has 0 amide bonds. The second-order valence-electron chi connectivity index (χ2n) is 5.77. The van der Waals surface area contributed by atoms with Crippen LogP contribution in [0.3, 0.4) is 0 Å². The molecule has 1 aromatic carbocycles. The van der Waals surface area contributed by atoms with E-state index in [1.54, 1.807) is 7.11 Å². The average Bonchev–Trinajstić information content (AvgIpc) is 2.88. The van der Waals surface area contributed by atoms with E-state index in [4.69, 9.17) is 4.74 Å². The van der Waals surface area contributed by atoms with E-state index in [9.17, 15) is 4.79 Å². The van der Waals surface area contributed by atoms with Crippen molar-refractivity contribution in [3.8, 4) is 5.75 Å². The van der Waals surface area contributed by atoms with Crippen molar-refractivity contribution in [1.29, 1.82) is 0 Å². The van der Waals surface area contributed by atoms with Gasteiger partial charge in [-0.2, -0.15) is 0 Å². The Hall–Kier alpha value is -1.31. The zero-order chi connectivity index (χ0) is 13.8. The predicted octanol–water partition coefficient (Wildman–Crippen LogP) is 4.47. The van der Waals surface area contributed by atoms with Crippen molar-refractivity contribution in [1.82, 2.24) is 0 Å². The van der Waals surface area contributed by atoms with Gasteiger partial charge in [-0.1, -0.05) is 31.7 Å². The first-order valence-corrected chi connectivity index (χ1v) is 7.30. The highest BCUT2D eigenvalue weighted by Crippen LogP contribution is 2.31. The normalized spacial score (nSPS) is 15.7. The van der Waals surface area contributed by atoms with Crippen molar-refractivity contribution >= 4 is 5.78 Å². The van der Waals surface area contributed by atoms with E-state index in [-0.39, 0.29) is 5.78 Å². The maximum Gasteiger partial charge on any atom is 0.166 e. The molecule has 2 nitrogen and oxygen atoms in total. The zero-order valence-corrected chi connectivity index (χ0v) is 12.3. The van der Waals surface area contributed by atoms with Gasteiger partial charge in [0, 0.05) is 6.42 Å². The summed E-state index contributed by atoms with van der Waals surface area (Å²) in [4.78, 5) is 12.4. The number of carbonyl (C=O) groups excluding carboxylic acids is 1. The van der Waals surface area contributed by atoms with Gasteiger partial charge in [0.2, 0.25) is 0 Å². The van der Waals surface area contributed by atoms with E-state index in [1.165, 1.54) is 25.7 Å². The molecule has 0 aromatic heterocycles. The molecule has 0 radical (unpaired) electrons. The molecule has 0 saturated heterocycles. The molecule has 2 heteroatoms. The molecule has 1 aliphatic carbocycles. The first kappa shape index (κ1) is 14.1. The molecule has 1 aromatic rings. The summed E-state index contributed by atoms with van der Waals surface area (Å²) < 4.78 is 5.38. The van der Waals surface area contributed by atoms with E-state index >= 15 is 0 Å². The largest absolute Gasteiger partial charge is 0.496 e. The van der Waals surface area contributed by atoms with Gasteiger partial charge in [-0.05, 0) is 43.4 Å². The number of methoxy groups -OCH3 is 1. The summed E-state index contributed by atoms with van der Waals surface area (Å²) in [6.07, 6.45) is 6.98. The minimum absolute atomic E-state index is 0.237. The number of carbonyl (C=O) groups is 1. The second-order valence-corrected chi connectivity index (χ2v) is 5.77. The standard InChI is InChI=1S/C17H24O2/c1-12-10-13(2)17(16(11-12)19-3)15(18)9-8-14-6-4-5-7-14/h10-11,14H,4-9H2,1-3H3. The predicted molar refractivity (Wildman–Crippen MR) is 78.0 cm³/mol. The maximum atomic E-state index is 12.4. The SMILES string of the molecule is COc1cc(C)cc(C)c1C(=O)CCC1CCCC1. The number of hydrogen-bond acceptors (Lipinski definition) is 2. The molecule has 1 saturated carbocycles. The van der Waals surface area contributed by atoms with Crippen LogP contribution in [0.5, 0.6) is 5.75 Å². The summed E-state index contributed by atoms with van der Waals surface area (Å²) >= 11 is 0. The van der Waals surface area contributed by atoms with Gasteiger partial charge in [0.05, 0.1) is 12.7 Å². The van der Waals surface area contributed by atoms with Gasteiger partial charge >= 0.3 is 0 Å². The van der Waals surface area contributed by atoms with Gasteiger partial charge in [-0.25, -0.2) is 0 Å². The highest BCUT2D eigenvalue weighted by molar-refractivity contribution is 6.00. The van der Waals surface area contributed by atoms with Gasteiger partial charge in [-0.15, -0.1) is 0 Å². The summed E-state index contributed by atoms with van der Waals surface area (Å²) in [6.45, 7) is 4.03. The molecular weight excluding hydrogens is 236 g/mol. The fourth-order valence-corrected chi connectivity index (χ4v) is 3.21. The molecule has 0 heterocycles. The lowest BCUT2D eigenvalue weighted by Gasteiger charge is -2.13. The Morgan fingerprint density at radius 2 is 1.95 bits per heavy atom. The number of ether oxygens (including phenoxy) is 1. The molecule has 104 valence electrons. The smallest absolute Gasteiger partial charge is 0.166 e. The minimum Gasteiger partial charge on any atom is -0.496 e. The Kier molecular flexibility index (Phi) is 4.62. The molecule has 0 N–H and O–H groups in total. The van der Waals surface area contributed by atoms with E-state index < -0.39 is 0 Å². The summed E-state index contributed by atoms with van der Waals surface area (Å²) in [6, 6.07) is 4.02. The van der Waals surface area contributed by atoms with Crippen LogP contribution in [0.25, 0.3) is 0 Å². The molecule has 0 atom stereocenters. The van der Waals surface area contributed by atoms with E-state index in [1.807, 2.05) is 19.9 Å². The summed E-state index contributed by atoms with van der Waals surface area (Å²) in [5.41, 5.74) is 2.96. The third-order valence-corrected chi connectivity index (χ3v) is 4.20. The number of hydrogen-bond donors (Lipinski definition) is 0. The Morgan fingerprint density at radius 3 is 2.58 bits per heavy atom. The van der Waals surface area contributed by atoms with Gasteiger partial charge in [0.1, 0.15) is 5.75 Å². The van der Waals surface area contributed by atoms with Crippen LogP contribution < -0.4 is 4.74 Å². The molecule has 0 unspecified atom stereocenters. The van der Waals surface area contributed by atoms with Crippen molar-refractivity contribution < 1.29 is 9.53 Å². The zero-order valence-electron chi connectivity index (χ0n) is 12.3. The lowest BCUT2D eigenvalue weighted by Crippen LogP contribution is -2.07. The molecule has 2 rings (SSSR count). The van der Waals surface area contributed by atoms with Gasteiger partial charge in [0.15, 0.2) is 5.78 Å². The molecule has 19 heavy (non-hydrogen) atoms. The highest BCUT2D eigenvalue weighted by atomic mass is 16.5. The molecule has 0 bridgehead atoms. The first-order valence-electron chi connectivity index (χ1n) is 7.30. The third kappa shape index (κ3) is 3.37. The number of rotatable bonds is 5. The van der Waals surface area contributed by atoms with Gasteiger partial charge < -0.3 is 4.74 Å². The molecule has 1 fully saturated rings. The van der Waals surface area contributed by atoms with Crippen LogP contribution in [0.15, 0.2) is 12.1 Å². The summed E-state index contributed by atoms with van der Waals surface area (Å²) in [5.74, 6) is 1.73. The Labute approximate surface area is 116 Å². The lowest BCUT2D eigenvalue weighted by molar-refractivity contribution is 0.0970. The molecule has 0 spiro atoms. The topological polar surface area (TPSA) is 26.3 Å². The number of benzene rings is 1. The second kappa shape index (κ2) is 6.23. The van der Waals surface area contributed by atoms with Crippen LogP contribution in [0.2, 0.25) is 0 Å². The minimum atomic E-state index is 0.237. The third-order valence-electron chi connectivity index (χ3n) is 4.20. The molecule has 1 aliphatic rings. The van der Waals surface area contributed by atoms with Crippen LogP contribution in [0, 0.1) is 19.8 Å². The van der Waals surface area contributed by atoms with E-state index in [0.717, 1.165) is 34.8 Å². The first-order chi connectivity index (χ1) is 9.11. The van der Waals surface area contributed by atoms with Crippen molar-refractivity contribution in [2.45, 2.75) is 52.4 Å². The lowest BCUT2D eigenvalue weighted by atomic mass is 9.94. The van der Waals surface area contributed by atoms with E-state index in [0.29, 0.717) is 6.42 Å². The van der Waals surface area contributed by atoms with Crippen molar-refractivity contribution in [2.24, 2.45) is 5.92 Å². The van der Waals surface area contributed by atoms with Crippen LogP contribution >= 0.6 is 0 Å².